The van der Waals surface area contributed by atoms with Gasteiger partial charge in [-0.2, -0.15) is 5.10 Å². The highest BCUT2D eigenvalue weighted by atomic mass is 16.5. The standard InChI is InChI=1S/C22H32N4O2/c1-4-5-9-20-16-26(15-18-8-6-7-10-21(18)28-20)12-11-22(27)23-14-19-13-17(2)25(3)24-19/h6-8,10,13,20H,4-5,9,11-12,14-16H2,1-3H3,(H,23,27). The number of amides is 1. The number of nitrogens with zero attached hydrogens (tertiary/aromatic N) is 3. The first-order chi connectivity index (χ1) is 13.5. The molecule has 6 nitrogen and oxygen atoms in total. The third-order valence-corrected chi connectivity index (χ3v) is 5.29. The first-order valence-electron chi connectivity index (χ1n) is 10.3. The van der Waals surface area contributed by atoms with E-state index in [4.69, 9.17) is 4.74 Å². The summed E-state index contributed by atoms with van der Waals surface area (Å²) in [6.07, 6.45) is 4.03. The van der Waals surface area contributed by atoms with Crippen molar-refractivity contribution in [1.82, 2.24) is 20.0 Å². The number of unbranched alkanes of at least 4 members (excludes halogenated alkanes) is 1. The molecule has 2 aromatic rings. The Kier molecular flexibility index (Phi) is 7.09. The van der Waals surface area contributed by atoms with Crippen molar-refractivity contribution in [3.05, 3.63) is 47.3 Å². The van der Waals surface area contributed by atoms with E-state index in [1.807, 2.05) is 36.9 Å². The van der Waals surface area contributed by atoms with Crippen molar-refractivity contribution < 1.29 is 9.53 Å². The van der Waals surface area contributed by atoms with Crippen molar-refractivity contribution in [1.29, 1.82) is 0 Å². The molecule has 1 atom stereocenters. The number of rotatable bonds is 8. The van der Waals surface area contributed by atoms with Crippen LogP contribution < -0.4 is 10.1 Å². The molecule has 28 heavy (non-hydrogen) atoms. The zero-order valence-electron chi connectivity index (χ0n) is 17.3. The second kappa shape index (κ2) is 9.73. The van der Waals surface area contributed by atoms with Crippen molar-refractivity contribution >= 4 is 5.91 Å². The summed E-state index contributed by atoms with van der Waals surface area (Å²) in [6, 6.07) is 10.3. The topological polar surface area (TPSA) is 59.4 Å². The fourth-order valence-electron chi connectivity index (χ4n) is 3.57. The second-order valence-corrected chi connectivity index (χ2v) is 7.65. The van der Waals surface area contributed by atoms with Crippen molar-refractivity contribution in [3.8, 4) is 5.75 Å². The summed E-state index contributed by atoms with van der Waals surface area (Å²) in [4.78, 5) is 14.7. The van der Waals surface area contributed by atoms with Gasteiger partial charge in [-0.1, -0.05) is 31.5 Å². The highest BCUT2D eigenvalue weighted by Gasteiger charge is 2.22. The van der Waals surface area contributed by atoms with Gasteiger partial charge in [0.1, 0.15) is 11.9 Å². The van der Waals surface area contributed by atoms with Crippen LogP contribution in [0.5, 0.6) is 5.75 Å². The summed E-state index contributed by atoms with van der Waals surface area (Å²) in [5.74, 6) is 1.05. The van der Waals surface area contributed by atoms with Gasteiger partial charge in [0.2, 0.25) is 5.91 Å². The van der Waals surface area contributed by atoms with E-state index in [1.165, 1.54) is 5.56 Å². The molecule has 1 unspecified atom stereocenters. The van der Waals surface area contributed by atoms with Gasteiger partial charge in [-0.25, -0.2) is 0 Å². The summed E-state index contributed by atoms with van der Waals surface area (Å²) in [5.41, 5.74) is 3.18. The molecule has 1 aromatic heterocycles. The monoisotopic (exact) mass is 384 g/mol. The SMILES string of the molecule is CCCCC1CN(CCC(=O)NCc2cc(C)n(C)n2)Cc2ccccc2O1. The molecular weight excluding hydrogens is 352 g/mol. The summed E-state index contributed by atoms with van der Waals surface area (Å²) in [7, 11) is 1.91. The van der Waals surface area contributed by atoms with Crippen LogP contribution in [-0.4, -0.2) is 39.8 Å². The van der Waals surface area contributed by atoms with Gasteiger partial charge in [0.15, 0.2) is 0 Å². The lowest BCUT2D eigenvalue weighted by Gasteiger charge is -2.23. The van der Waals surface area contributed by atoms with Gasteiger partial charge in [-0.3, -0.25) is 14.4 Å². The van der Waals surface area contributed by atoms with E-state index in [2.05, 4.69) is 34.4 Å². The zero-order chi connectivity index (χ0) is 19.9. The number of benzene rings is 1. The number of ether oxygens (including phenoxy) is 1. The van der Waals surface area contributed by atoms with Crippen LogP contribution in [0.25, 0.3) is 0 Å². The third kappa shape index (κ3) is 5.58. The highest BCUT2D eigenvalue weighted by molar-refractivity contribution is 5.76. The molecule has 1 N–H and O–H groups in total. The molecule has 1 aliphatic rings. The Morgan fingerprint density at radius 1 is 1.36 bits per heavy atom. The maximum atomic E-state index is 12.3. The smallest absolute Gasteiger partial charge is 0.221 e. The molecular formula is C22H32N4O2. The van der Waals surface area contributed by atoms with Gasteiger partial charge < -0.3 is 10.1 Å². The molecule has 1 aliphatic heterocycles. The number of hydrogen-bond donors (Lipinski definition) is 1. The van der Waals surface area contributed by atoms with E-state index < -0.39 is 0 Å². The number of fused-ring (bicyclic) bond motifs is 1. The maximum Gasteiger partial charge on any atom is 0.221 e. The molecule has 2 heterocycles. The number of carbonyl (C=O) groups is 1. The minimum atomic E-state index is 0.0619. The number of nitrogens with one attached hydrogen (secondary N) is 1. The molecule has 0 fully saturated rings. The third-order valence-electron chi connectivity index (χ3n) is 5.29. The fraction of sp³-hybridized carbons (Fsp3) is 0.545. The number of aromatic nitrogens is 2. The van der Waals surface area contributed by atoms with Crippen molar-refractivity contribution in [2.75, 3.05) is 13.1 Å². The normalized spacial score (nSPS) is 16.9. The van der Waals surface area contributed by atoms with Crippen molar-refractivity contribution in [3.63, 3.8) is 0 Å². The Bertz CT molecular complexity index is 767. The van der Waals surface area contributed by atoms with Crippen LogP contribution in [0.2, 0.25) is 0 Å². The highest BCUT2D eigenvalue weighted by Crippen LogP contribution is 2.26. The summed E-state index contributed by atoms with van der Waals surface area (Å²) in [5, 5.41) is 7.37. The van der Waals surface area contributed by atoms with Gasteiger partial charge in [-0.15, -0.1) is 0 Å². The minimum Gasteiger partial charge on any atom is -0.489 e. The van der Waals surface area contributed by atoms with Crippen LogP contribution in [0.15, 0.2) is 30.3 Å². The van der Waals surface area contributed by atoms with Gasteiger partial charge in [-0.05, 0) is 31.9 Å². The Hall–Kier alpha value is -2.34. The first-order valence-corrected chi connectivity index (χ1v) is 10.3. The number of carbonyl (C=O) groups excluding carboxylic acids is 1. The van der Waals surface area contributed by atoms with Crippen LogP contribution in [-0.2, 0) is 24.9 Å². The number of para-hydroxylation sites is 1. The molecule has 0 saturated carbocycles. The first kappa shape index (κ1) is 20.4. The molecule has 6 heteroatoms. The predicted octanol–water partition coefficient (Wildman–Crippen LogP) is 3.19. The second-order valence-electron chi connectivity index (χ2n) is 7.65. The summed E-state index contributed by atoms with van der Waals surface area (Å²) < 4.78 is 8.09. The Balaban J connectivity index is 1.53. The van der Waals surface area contributed by atoms with Crippen molar-refractivity contribution in [2.45, 2.75) is 58.7 Å². The van der Waals surface area contributed by atoms with Gasteiger partial charge >= 0.3 is 0 Å². The van der Waals surface area contributed by atoms with Gasteiger partial charge in [0.25, 0.3) is 0 Å². The van der Waals surface area contributed by atoms with Crippen LogP contribution >= 0.6 is 0 Å². The zero-order valence-corrected chi connectivity index (χ0v) is 17.3. The molecule has 0 spiro atoms. The van der Waals surface area contributed by atoms with E-state index in [0.717, 1.165) is 56.0 Å². The van der Waals surface area contributed by atoms with Crippen molar-refractivity contribution in [2.24, 2.45) is 7.05 Å². The van der Waals surface area contributed by atoms with Gasteiger partial charge in [0.05, 0.1) is 12.2 Å². The summed E-state index contributed by atoms with van der Waals surface area (Å²) in [6.45, 7) is 7.11. The molecule has 1 aromatic carbocycles. The van der Waals surface area contributed by atoms with E-state index in [-0.39, 0.29) is 12.0 Å². The Morgan fingerprint density at radius 3 is 2.93 bits per heavy atom. The average Bonchev–Trinajstić information content (AvgIpc) is 2.90. The molecule has 3 rings (SSSR count). The fourth-order valence-corrected chi connectivity index (χ4v) is 3.57. The Labute approximate surface area is 167 Å². The quantitative estimate of drug-likeness (QED) is 0.759. The van der Waals surface area contributed by atoms with E-state index >= 15 is 0 Å². The van der Waals surface area contributed by atoms with Crippen LogP contribution in [0.1, 0.15) is 49.6 Å². The molecule has 0 bridgehead atoms. The minimum absolute atomic E-state index is 0.0619. The molecule has 0 aliphatic carbocycles. The van der Waals surface area contributed by atoms with E-state index in [0.29, 0.717) is 13.0 Å². The lowest BCUT2D eigenvalue weighted by atomic mass is 10.1. The van der Waals surface area contributed by atoms with Crippen LogP contribution in [0.3, 0.4) is 0 Å². The van der Waals surface area contributed by atoms with Crippen LogP contribution in [0, 0.1) is 6.92 Å². The largest absolute Gasteiger partial charge is 0.489 e. The predicted molar refractivity (Wildman–Crippen MR) is 110 cm³/mol. The average molecular weight is 385 g/mol. The summed E-state index contributed by atoms with van der Waals surface area (Å²) >= 11 is 0. The van der Waals surface area contributed by atoms with E-state index in [1.54, 1.807) is 0 Å². The Morgan fingerprint density at radius 2 is 2.18 bits per heavy atom. The molecule has 0 radical (unpaired) electrons. The van der Waals surface area contributed by atoms with Crippen LogP contribution in [0.4, 0.5) is 0 Å². The molecule has 152 valence electrons. The molecule has 1 amide bonds. The number of aryl methyl sites for hydroxylation is 2. The lowest BCUT2D eigenvalue weighted by molar-refractivity contribution is -0.121. The maximum absolute atomic E-state index is 12.3. The van der Waals surface area contributed by atoms with E-state index in [9.17, 15) is 4.79 Å². The number of hydrogen-bond acceptors (Lipinski definition) is 4. The molecule has 0 saturated heterocycles. The lowest BCUT2D eigenvalue weighted by Crippen LogP contribution is -2.35. The van der Waals surface area contributed by atoms with Gasteiger partial charge in [0, 0.05) is 44.4 Å².